The molecule has 1 amide bonds. The number of hydrogen-bond donors (Lipinski definition) is 2. The molecule has 2 aliphatic rings. The van der Waals surface area contributed by atoms with Gasteiger partial charge in [-0.25, -0.2) is 4.39 Å². The van der Waals surface area contributed by atoms with Gasteiger partial charge in [-0.15, -0.1) is 0 Å². The van der Waals surface area contributed by atoms with E-state index < -0.39 is 0 Å². The predicted molar refractivity (Wildman–Crippen MR) is 128 cm³/mol. The number of amides is 1. The zero-order chi connectivity index (χ0) is 23.7. The summed E-state index contributed by atoms with van der Waals surface area (Å²) in [5.74, 6) is -0.0307. The third kappa shape index (κ3) is 4.31. The monoisotopic (exact) mass is 464 g/mol. The molecule has 0 bridgehead atoms. The number of anilines is 1. The normalized spacial score (nSPS) is 16.6. The molecule has 1 fully saturated rings. The smallest absolute Gasteiger partial charge is 0.253 e. The lowest BCUT2D eigenvalue weighted by atomic mass is 9.95. The zero-order valence-corrected chi connectivity index (χ0v) is 19.4. The number of carbonyl (C=O) groups is 1. The van der Waals surface area contributed by atoms with Crippen LogP contribution in [0.25, 0.3) is 22.5 Å². The van der Waals surface area contributed by atoms with Crippen LogP contribution in [0.1, 0.15) is 28.9 Å². The van der Waals surface area contributed by atoms with Gasteiger partial charge >= 0.3 is 0 Å². The molecule has 34 heavy (non-hydrogen) atoms. The number of fused-ring (bicyclic) bond motifs is 1. The Hall–Kier alpha value is -3.23. The molecular weight excluding hydrogens is 435 g/mol. The summed E-state index contributed by atoms with van der Waals surface area (Å²) >= 11 is 0. The number of hydrogen-bond acceptors (Lipinski definition) is 5. The minimum Gasteiger partial charge on any atom is -0.371 e. The number of pyridine rings is 1. The maximum Gasteiger partial charge on any atom is 0.253 e. The van der Waals surface area contributed by atoms with Crippen molar-refractivity contribution in [3.63, 3.8) is 0 Å². The van der Waals surface area contributed by atoms with Gasteiger partial charge in [0.1, 0.15) is 5.82 Å². The number of ether oxygens (including phenoxy) is 2. The minimum absolute atomic E-state index is 0.0661. The second-order valence-corrected chi connectivity index (χ2v) is 8.84. The maximum absolute atomic E-state index is 15.2. The summed E-state index contributed by atoms with van der Waals surface area (Å²) in [5, 5.41) is 2.86. The lowest BCUT2D eigenvalue weighted by Gasteiger charge is -2.36. The fraction of sp³-hybridized carbons (Fsp3) is 0.385. The number of benzene rings is 1. The fourth-order valence-corrected chi connectivity index (χ4v) is 5.01. The van der Waals surface area contributed by atoms with Crippen LogP contribution in [0.3, 0.4) is 0 Å². The van der Waals surface area contributed by atoms with Crippen molar-refractivity contribution in [3.8, 4) is 22.5 Å². The van der Waals surface area contributed by atoms with E-state index in [9.17, 15) is 4.79 Å². The van der Waals surface area contributed by atoms with E-state index >= 15 is 4.39 Å². The van der Waals surface area contributed by atoms with Gasteiger partial charge in [-0.2, -0.15) is 0 Å². The molecule has 1 saturated heterocycles. The van der Waals surface area contributed by atoms with Gasteiger partial charge in [-0.1, -0.05) is 0 Å². The SMILES string of the molecule is COC(OC)C1CCN(c2ccc(-c3cc(-c4cc5c([nH]4)CCNC5=O)ccn3)c(F)c2)CC1. The van der Waals surface area contributed by atoms with E-state index in [1.54, 1.807) is 32.5 Å². The molecule has 0 saturated carbocycles. The minimum atomic E-state index is -0.305. The summed E-state index contributed by atoms with van der Waals surface area (Å²) in [6.45, 7) is 2.28. The van der Waals surface area contributed by atoms with Crippen LogP contribution < -0.4 is 10.2 Å². The average Bonchev–Trinajstić information content (AvgIpc) is 3.31. The number of aromatic nitrogens is 2. The molecule has 2 N–H and O–H groups in total. The van der Waals surface area contributed by atoms with Crippen LogP contribution in [0, 0.1) is 11.7 Å². The highest BCUT2D eigenvalue weighted by molar-refractivity contribution is 5.97. The van der Waals surface area contributed by atoms with Gasteiger partial charge < -0.3 is 24.7 Å². The summed E-state index contributed by atoms with van der Waals surface area (Å²) in [5.41, 5.74) is 5.17. The van der Waals surface area contributed by atoms with Crippen LogP contribution in [0.4, 0.5) is 10.1 Å². The largest absolute Gasteiger partial charge is 0.371 e. The van der Waals surface area contributed by atoms with Crippen LogP contribution in [0.2, 0.25) is 0 Å². The number of nitrogens with zero attached hydrogens (tertiary/aromatic N) is 2. The van der Waals surface area contributed by atoms with E-state index in [1.807, 2.05) is 24.3 Å². The van der Waals surface area contributed by atoms with Gasteiger partial charge in [0, 0.05) is 80.6 Å². The Morgan fingerprint density at radius 2 is 1.88 bits per heavy atom. The first-order valence-electron chi connectivity index (χ1n) is 11.6. The molecule has 0 unspecified atom stereocenters. The standard InChI is InChI=1S/C26H29FN4O3/c1-33-26(34-2)16-7-11-31(12-8-16)18-3-4-19(21(27)14-18)24-13-17(5-9-28-24)23-15-20-22(30-23)6-10-29-25(20)32/h3-5,9,13-16,26,30H,6-8,10-12H2,1-2H3,(H,29,32). The first kappa shape index (κ1) is 22.6. The molecule has 7 nitrogen and oxygen atoms in total. The van der Waals surface area contributed by atoms with Crippen molar-refractivity contribution in [2.45, 2.75) is 25.6 Å². The molecule has 0 aliphatic carbocycles. The molecule has 0 radical (unpaired) electrons. The Balaban J connectivity index is 1.34. The van der Waals surface area contributed by atoms with Crippen molar-refractivity contribution in [1.82, 2.24) is 15.3 Å². The molecule has 2 aliphatic heterocycles. The van der Waals surface area contributed by atoms with Crippen LogP contribution in [-0.2, 0) is 15.9 Å². The molecule has 1 aromatic carbocycles. The number of methoxy groups -OCH3 is 2. The molecule has 0 spiro atoms. The first-order chi connectivity index (χ1) is 16.6. The Labute approximate surface area is 198 Å². The molecule has 178 valence electrons. The third-order valence-corrected chi connectivity index (χ3v) is 6.86. The summed E-state index contributed by atoms with van der Waals surface area (Å²) in [6, 6.07) is 10.9. The van der Waals surface area contributed by atoms with Crippen molar-refractivity contribution in [2.75, 3.05) is 38.8 Å². The van der Waals surface area contributed by atoms with Gasteiger partial charge in [0.05, 0.1) is 11.3 Å². The Morgan fingerprint density at radius 3 is 2.59 bits per heavy atom. The van der Waals surface area contributed by atoms with Crippen molar-refractivity contribution in [1.29, 1.82) is 0 Å². The van der Waals surface area contributed by atoms with E-state index in [1.165, 1.54) is 0 Å². The summed E-state index contributed by atoms with van der Waals surface area (Å²) in [6.07, 6.45) is 4.10. The topological polar surface area (TPSA) is 79.5 Å². The van der Waals surface area contributed by atoms with Gasteiger partial charge in [-0.05, 0) is 49.2 Å². The highest BCUT2D eigenvalue weighted by Gasteiger charge is 2.27. The first-order valence-corrected chi connectivity index (χ1v) is 11.6. The fourth-order valence-electron chi connectivity index (χ4n) is 5.01. The molecule has 8 heteroatoms. The van der Waals surface area contributed by atoms with Gasteiger partial charge in [0.25, 0.3) is 5.91 Å². The number of H-pyrrole nitrogens is 1. The Kier molecular flexibility index (Phi) is 6.34. The lowest BCUT2D eigenvalue weighted by Crippen LogP contribution is -2.39. The molecule has 5 rings (SSSR count). The van der Waals surface area contributed by atoms with Crippen LogP contribution in [-0.4, -0.2) is 56.0 Å². The average molecular weight is 465 g/mol. The van der Waals surface area contributed by atoms with Crippen LogP contribution in [0.15, 0.2) is 42.6 Å². The highest BCUT2D eigenvalue weighted by Crippen LogP contribution is 2.32. The van der Waals surface area contributed by atoms with Crippen molar-refractivity contribution >= 4 is 11.6 Å². The molecule has 2 aromatic heterocycles. The molecular formula is C26H29FN4O3. The number of aromatic amines is 1. The van der Waals surface area contributed by atoms with E-state index in [4.69, 9.17) is 9.47 Å². The van der Waals surface area contributed by atoms with Crippen LogP contribution in [0.5, 0.6) is 0 Å². The van der Waals surface area contributed by atoms with Gasteiger partial charge in [-0.3, -0.25) is 9.78 Å². The van der Waals surface area contributed by atoms with E-state index in [0.29, 0.717) is 29.3 Å². The second kappa shape index (κ2) is 9.56. The number of carbonyl (C=O) groups excluding carboxylic acids is 1. The van der Waals surface area contributed by atoms with Gasteiger partial charge in [0.2, 0.25) is 0 Å². The lowest BCUT2D eigenvalue weighted by molar-refractivity contribution is -0.141. The van der Waals surface area contributed by atoms with Crippen molar-refractivity contribution in [2.24, 2.45) is 5.92 Å². The number of halogens is 1. The Bertz CT molecular complexity index is 1180. The van der Waals surface area contributed by atoms with E-state index in [0.717, 1.165) is 55.0 Å². The zero-order valence-electron chi connectivity index (χ0n) is 19.4. The number of nitrogens with one attached hydrogen (secondary N) is 2. The molecule has 3 aromatic rings. The molecule has 4 heterocycles. The van der Waals surface area contributed by atoms with Crippen molar-refractivity contribution in [3.05, 3.63) is 59.7 Å². The van der Waals surface area contributed by atoms with Gasteiger partial charge in [0.15, 0.2) is 6.29 Å². The summed E-state index contributed by atoms with van der Waals surface area (Å²) < 4.78 is 26.0. The van der Waals surface area contributed by atoms with E-state index in [2.05, 4.69) is 20.2 Å². The van der Waals surface area contributed by atoms with Crippen molar-refractivity contribution < 1.29 is 18.7 Å². The number of rotatable bonds is 6. The quantitative estimate of drug-likeness (QED) is 0.539. The Morgan fingerprint density at radius 1 is 1.09 bits per heavy atom. The predicted octanol–water partition coefficient (Wildman–Crippen LogP) is 4.00. The summed E-state index contributed by atoms with van der Waals surface area (Å²) in [4.78, 5) is 22.0. The van der Waals surface area contributed by atoms with Crippen LogP contribution >= 0.6 is 0 Å². The summed E-state index contributed by atoms with van der Waals surface area (Å²) in [7, 11) is 3.33. The number of piperidine rings is 1. The maximum atomic E-state index is 15.2. The van der Waals surface area contributed by atoms with E-state index in [-0.39, 0.29) is 18.0 Å². The third-order valence-electron chi connectivity index (χ3n) is 6.86. The second-order valence-electron chi connectivity index (χ2n) is 8.84. The highest BCUT2D eigenvalue weighted by atomic mass is 19.1. The molecule has 0 atom stereocenters.